The third-order valence-electron chi connectivity index (χ3n) is 6.97. The molecule has 6 nitrogen and oxygen atoms in total. The number of alkyl carbamates (subject to hydrolysis) is 1. The third kappa shape index (κ3) is 3.03. The lowest BCUT2D eigenvalue weighted by atomic mass is 9.46. The molecule has 142 valence electrons. The number of aliphatic hydroxyl groups is 1. The summed E-state index contributed by atoms with van der Waals surface area (Å²) in [7, 11) is 0. The molecule has 0 aromatic heterocycles. The summed E-state index contributed by atoms with van der Waals surface area (Å²) in [6.45, 7) is 8.01. The van der Waals surface area contributed by atoms with Crippen molar-refractivity contribution in [1.82, 2.24) is 5.32 Å². The van der Waals surface area contributed by atoms with Gasteiger partial charge in [0.25, 0.3) is 0 Å². The van der Waals surface area contributed by atoms with Crippen molar-refractivity contribution in [3.63, 3.8) is 0 Å². The number of hydrogen-bond donors (Lipinski definition) is 2. The van der Waals surface area contributed by atoms with Gasteiger partial charge in [0.15, 0.2) is 0 Å². The Morgan fingerprint density at radius 1 is 1.36 bits per heavy atom. The lowest BCUT2D eigenvalue weighted by Crippen LogP contribution is -2.60. The second-order valence-electron chi connectivity index (χ2n) is 8.87. The topological polar surface area (TPSA) is 84.9 Å². The maximum atomic E-state index is 12.1. The molecule has 2 aliphatic carbocycles. The number of esters is 1. The van der Waals surface area contributed by atoms with E-state index in [1.807, 2.05) is 20.8 Å². The summed E-state index contributed by atoms with van der Waals surface area (Å²) in [4.78, 5) is 23.9. The molecule has 1 amide bonds. The smallest absolute Gasteiger partial charge is 0.407 e. The van der Waals surface area contributed by atoms with Crippen LogP contribution in [0, 0.1) is 22.7 Å². The van der Waals surface area contributed by atoms with Crippen LogP contribution < -0.4 is 5.32 Å². The van der Waals surface area contributed by atoms with E-state index in [-0.39, 0.29) is 48.1 Å². The minimum atomic E-state index is -0.502. The molecule has 0 radical (unpaired) electrons. The quantitative estimate of drug-likeness (QED) is 0.762. The summed E-state index contributed by atoms with van der Waals surface area (Å²) in [5.74, 6) is 0.304. The van der Waals surface area contributed by atoms with Crippen LogP contribution >= 0.6 is 0 Å². The fraction of sp³-hybridized carbons (Fsp3) is 0.895. The van der Waals surface area contributed by atoms with Gasteiger partial charge in [0.05, 0.1) is 13.0 Å². The highest BCUT2D eigenvalue weighted by Gasteiger charge is 2.62. The molecule has 2 saturated carbocycles. The number of carbonyl (C=O) groups is 2. The minimum absolute atomic E-state index is 0.0124. The summed E-state index contributed by atoms with van der Waals surface area (Å²) in [6, 6.07) is 0.0128. The Balaban J connectivity index is 1.82. The normalized spacial score (nSPS) is 43.2. The van der Waals surface area contributed by atoms with E-state index in [0.29, 0.717) is 12.8 Å². The molecule has 6 atom stereocenters. The van der Waals surface area contributed by atoms with Gasteiger partial charge in [-0.3, -0.25) is 4.79 Å². The van der Waals surface area contributed by atoms with Gasteiger partial charge in [-0.15, -0.1) is 0 Å². The van der Waals surface area contributed by atoms with Crippen LogP contribution in [-0.4, -0.2) is 42.0 Å². The van der Waals surface area contributed by atoms with E-state index < -0.39 is 11.5 Å². The molecule has 0 bridgehead atoms. The van der Waals surface area contributed by atoms with Crippen LogP contribution in [0.5, 0.6) is 0 Å². The lowest BCUT2D eigenvalue weighted by molar-refractivity contribution is -0.175. The highest BCUT2D eigenvalue weighted by molar-refractivity contribution is 5.72. The summed E-state index contributed by atoms with van der Waals surface area (Å²) >= 11 is 0. The first-order valence-corrected chi connectivity index (χ1v) is 9.48. The first-order chi connectivity index (χ1) is 11.7. The van der Waals surface area contributed by atoms with E-state index in [2.05, 4.69) is 12.2 Å². The van der Waals surface area contributed by atoms with Gasteiger partial charge in [-0.25, -0.2) is 4.79 Å². The van der Waals surface area contributed by atoms with E-state index >= 15 is 0 Å². The average molecular weight is 353 g/mol. The fourth-order valence-corrected chi connectivity index (χ4v) is 5.69. The molecule has 0 aromatic rings. The molecule has 0 aromatic carbocycles. The number of nitrogens with one attached hydrogen (secondary N) is 1. The van der Waals surface area contributed by atoms with Gasteiger partial charge in [0, 0.05) is 17.4 Å². The van der Waals surface area contributed by atoms with Crippen molar-refractivity contribution in [2.24, 2.45) is 22.7 Å². The molecule has 3 fully saturated rings. The van der Waals surface area contributed by atoms with E-state index in [0.717, 1.165) is 19.3 Å². The second kappa shape index (κ2) is 6.45. The van der Waals surface area contributed by atoms with Gasteiger partial charge in [0.2, 0.25) is 0 Å². The molecule has 1 aliphatic heterocycles. The number of aliphatic hydroxyl groups excluding tert-OH is 1. The van der Waals surface area contributed by atoms with Crippen LogP contribution in [0.1, 0.15) is 59.8 Å². The molecule has 25 heavy (non-hydrogen) atoms. The second-order valence-corrected chi connectivity index (χ2v) is 8.87. The zero-order valence-electron chi connectivity index (χ0n) is 15.7. The maximum Gasteiger partial charge on any atom is 0.407 e. The lowest BCUT2D eigenvalue weighted by Gasteiger charge is -2.59. The van der Waals surface area contributed by atoms with Crippen molar-refractivity contribution < 1.29 is 24.2 Å². The Kier molecular flexibility index (Phi) is 4.77. The van der Waals surface area contributed by atoms with Gasteiger partial charge in [-0.05, 0) is 50.9 Å². The zero-order valence-corrected chi connectivity index (χ0v) is 15.7. The first-order valence-electron chi connectivity index (χ1n) is 9.48. The van der Waals surface area contributed by atoms with Crippen LogP contribution in [0.4, 0.5) is 4.79 Å². The van der Waals surface area contributed by atoms with E-state index in [1.165, 1.54) is 0 Å². The van der Waals surface area contributed by atoms with Crippen molar-refractivity contribution in [3.8, 4) is 0 Å². The van der Waals surface area contributed by atoms with Crippen LogP contribution in [0.25, 0.3) is 0 Å². The molecule has 1 unspecified atom stereocenters. The maximum absolute atomic E-state index is 12.1. The van der Waals surface area contributed by atoms with E-state index in [9.17, 15) is 14.7 Å². The van der Waals surface area contributed by atoms with Crippen LogP contribution in [0.15, 0.2) is 0 Å². The molecule has 3 aliphatic rings. The predicted octanol–water partition coefficient (Wildman–Crippen LogP) is 2.63. The monoisotopic (exact) mass is 353 g/mol. The third-order valence-corrected chi connectivity index (χ3v) is 6.97. The Hall–Kier alpha value is -1.30. The van der Waals surface area contributed by atoms with Crippen molar-refractivity contribution in [2.75, 3.05) is 6.61 Å². The molecular weight excluding hydrogens is 322 g/mol. The van der Waals surface area contributed by atoms with Crippen molar-refractivity contribution in [1.29, 1.82) is 0 Å². The summed E-state index contributed by atoms with van der Waals surface area (Å²) in [5, 5.41) is 13.0. The Bertz CT molecular complexity index is 550. The van der Waals surface area contributed by atoms with Crippen LogP contribution in [0.3, 0.4) is 0 Å². The Labute approximate surface area is 149 Å². The van der Waals surface area contributed by atoms with Gasteiger partial charge < -0.3 is 19.9 Å². The largest absolute Gasteiger partial charge is 0.462 e. The van der Waals surface area contributed by atoms with E-state index in [4.69, 9.17) is 9.47 Å². The van der Waals surface area contributed by atoms with Crippen molar-refractivity contribution in [2.45, 2.75) is 78.0 Å². The standard InChI is InChI=1S/C19H31NO5/c1-11(2)20-17(23)25-15-7-8-18(3)12-9-16(22)24-13(12)5-6-14(18)19(15,4)10-21/h11-15,21H,5-10H2,1-4H3,(H,20,23)/t12-,13-,14?,15-,18+,19+/m1/s1. The van der Waals surface area contributed by atoms with Crippen molar-refractivity contribution >= 4 is 12.1 Å². The summed E-state index contributed by atoms with van der Waals surface area (Å²) in [5.41, 5.74) is -0.571. The Morgan fingerprint density at radius 2 is 2.08 bits per heavy atom. The number of hydrogen-bond acceptors (Lipinski definition) is 5. The number of fused-ring (bicyclic) bond motifs is 3. The highest BCUT2D eigenvalue weighted by atomic mass is 16.6. The van der Waals surface area contributed by atoms with Crippen molar-refractivity contribution in [3.05, 3.63) is 0 Å². The highest BCUT2D eigenvalue weighted by Crippen LogP contribution is 2.62. The van der Waals surface area contributed by atoms with Gasteiger partial charge in [-0.2, -0.15) is 0 Å². The summed E-state index contributed by atoms with van der Waals surface area (Å²) in [6.07, 6.45) is 3.04. The number of amides is 1. The van der Waals surface area contributed by atoms with Gasteiger partial charge in [-0.1, -0.05) is 13.8 Å². The SMILES string of the molecule is CC(C)NC(=O)O[C@@H]1CC[C@]2(C)C(CC[C@H]3OC(=O)C[C@H]32)[C@]1(C)CO. The number of carbonyl (C=O) groups excluding carboxylic acids is 2. The Morgan fingerprint density at radius 3 is 2.72 bits per heavy atom. The molecule has 0 spiro atoms. The number of rotatable bonds is 3. The average Bonchev–Trinajstić information content (AvgIpc) is 2.91. The first kappa shape index (κ1) is 18.5. The predicted molar refractivity (Wildman–Crippen MR) is 91.8 cm³/mol. The van der Waals surface area contributed by atoms with Crippen LogP contribution in [0.2, 0.25) is 0 Å². The van der Waals surface area contributed by atoms with Crippen LogP contribution in [-0.2, 0) is 14.3 Å². The fourth-order valence-electron chi connectivity index (χ4n) is 5.69. The molecule has 2 N–H and O–H groups in total. The molecule has 6 heteroatoms. The van der Waals surface area contributed by atoms with Gasteiger partial charge >= 0.3 is 12.1 Å². The molecular formula is C19H31NO5. The molecule has 1 heterocycles. The molecule has 3 rings (SSSR count). The minimum Gasteiger partial charge on any atom is -0.462 e. The van der Waals surface area contributed by atoms with E-state index in [1.54, 1.807) is 0 Å². The zero-order chi connectivity index (χ0) is 18.4. The number of ether oxygens (including phenoxy) is 2. The molecule has 1 saturated heterocycles. The summed E-state index contributed by atoms with van der Waals surface area (Å²) < 4.78 is 11.2. The van der Waals surface area contributed by atoms with Gasteiger partial charge in [0.1, 0.15) is 12.2 Å².